The summed E-state index contributed by atoms with van der Waals surface area (Å²) in [5.41, 5.74) is 0.852. The minimum atomic E-state index is -2.29. The van der Waals surface area contributed by atoms with Crippen LogP contribution < -0.4 is 0 Å². The number of hydrogen-bond donors (Lipinski definition) is 1. The first-order chi connectivity index (χ1) is 14.8. The first-order valence-corrected chi connectivity index (χ1v) is 12.0. The van der Waals surface area contributed by atoms with Crippen molar-refractivity contribution >= 4 is 5.84 Å². The Morgan fingerprint density at radius 1 is 1.23 bits per heavy atom. The van der Waals surface area contributed by atoms with Gasteiger partial charge >= 0.3 is 0 Å². The van der Waals surface area contributed by atoms with Gasteiger partial charge in [-0.3, -0.25) is 4.99 Å². The van der Waals surface area contributed by atoms with Crippen LogP contribution in [0.4, 0.5) is 8.78 Å². The molecule has 0 spiro atoms. The zero-order chi connectivity index (χ0) is 22.8. The van der Waals surface area contributed by atoms with Crippen molar-refractivity contribution in [3.05, 3.63) is 12.2 Å². The average Bonchev–Trinajstić information content (AvgIpc) is 2.74. The van der Waals surface area contributed by atoms with Gasteiger partial charge in [-0.1, -0.05) is 18.6 Å². The van der Waals surface area contributed by atoms with Gasteiger partial charge in [0.25, 0.3) is 0 Å². The van der Waals surface area contributed by atoms with E-state index in [1.54, 1.807) is 0 Å². The molecule has 0 bridgehead atoms. The second-order valence-electron chi connectivity index (χ2n) is 9.36. The summed E-state index contributed by atoms with van der Waals surface area (Å²) < 4.78 is 30.6. The molecule has 2 aliphatic rings. The molecule has 2 unspecified atom stereocenters. The van der Waals surface area contributed by atoms with E-state index in [4.69, 9.17) is 9.73 Å². The van der Waals surface area contributed by atoms with Crippen LogP contribution in [0.5, 0.6) is 0 Å². The maximum Gasteiger partial charge on any atom is 0.239 e. The molecule has 0 aromatic carbocycles. The Bertz CT molecular complexity index is 573. The lowest BCUT2D eigenvalue weighted by Crippen LogP contribution is -2.41. The van der Waals surface area contributed by atoms with Crippen LogP contribution in [0.25, 0.3) is 0 Å². The van der Waals surface area contributed by atoms with Crippen molar-refractivity contribution in [1.29, 1.82) is 0 Å². The number of halogens is 2. The molecule has 0 radical (unpaired) electrons. The van der Waals surface area contributed by atoms with Crippen molar-refractivity contribution < 1.29 is 18.6 Å². The summed E-state index contributed by atoms with van der Waals surface area (Å²) in [5, 5.41) is 10.0. The molecule has 2 heterocycles. The number of aliphatic imine (C=N–C) groups is 1. The van der Waals surface area contributed by atoms with Crippen LogP contribution in [0.1, 0.15) is 64.7 Å². The van der Waals surface area contributed by atoms with Gasteiger partial charge in [0.1, 0.15) is 5.84 Å². The molecule has 1 fully saturated rings. The molecule has 31 heavy (non-hydrogen) atoms. The van der Waals surface area contributed by atoms with E-state index in [2.05, 4.69) is 23.4 Å². The quantitative estimate of drug-likeness (QED) is 0.243. The van der Waals surface area contributed by atoms with E-state index in [-0.39, 0.29) is 12.3 Å². The van der Waals surface area contributed by atoms with E-state index in [1.165, 1.54) is 38.6 Å². The summed E-state index contributed by atoms with van der Waals surface area (Å²) in [7, 11) is 3.63. The van der Waals surface area contributed by atoms with Crippen molar-refractivity contribution in [2.45, 2.75) is 83.5 Å². The van der Waals surface area contributed by atoms with Crippen molar-refractivity contribution in [3.63, 3.8) is 0 Å². The molecule has 1 saturated heterocycles. The third-order valence-corrected chi connectivity index (χ3v) is 6.87. The number of alkyl halides is 2. The fourth-order valence-corrected chi connectivity index (χ4v) is 4.91. The predicted molar refractivity (Wildman–Crippen MR) is 123 cm³/mol. The van der Waals surface area contributed by atoms with Crippen molar-refractivity contribution in [1.82, 2.24) is 9.80 Å². The molecule has 180 valence electrons. The van der Waals surface area contributed by atoms with E-state index in [0.29, 0.717) is 31.5 Å². The lowest BCUT2D eigenvalue weighted by atomic mass is 9.87. The van der Waals surface area contributed by atoms with Crippen LogP contribution in [0.2, 0.25) is 0 Å². The van der Waals surface area contributed by atoms with Gasteiger partial charge in [0.15, 0.2) is 6.29 Å². The van der Waals surface area contributed by atoms with E-state index in [9.17, 15) is 13.9 Å². The van der Waals surface area contributed by atoms with Crippen LogP contribution in [-0.2, 0) is 4.74 Å². The van der Waals surface area contributed by atoms with Crippen LogP contribution in [0, 0.1) is 11.8 Å². The number of unbranched alkanes of at least 4 members (excludes halogenated alkanes) is 1. The van der Waals surface area contributed by atoms with Gasteiger partial charge in [-0.15, -0.1) is 0 Å². The van der Waals surface area contributed by atoms with Crippen LogP contribution in [-0.4, -0.2) is 79.8 Å². The smallest absolute Gasteiger partial charge is 0.239 e. The molecular formula is C24H43F2N3O2. The molecule has 0 aliphatic carbocycles. The second kappa shape index (κ2) is 13.5. The van der Waals surface area contributed by atoms with Crippen molar-refractivity contribution in [2.24, 2.45) is 16.8 Å². The van der Waals surface area contributed by atoms with Gasteiger partial charge in [-0.2, -0.15) is 0 Å². The van der Waals surface area contributed by atoms with Gasteiger partial charge < -0.3 is 19.6 Å². The number of nitrogens with zero attached hydrogens (tertiary/aromatic N) is 3. The van der Waals surface area contributed by atoms with Gasteiger partial charge in [0.05, 0.1) is 6.04 Å². The number of fused-ring (bicyclic) bond motifs is 1. The molecule has 5 nitrogen and oxygen atoms in total. The molecule has 0 aromatic rings. The standard InChI is InChI=1S/C24H43F2N3O2/c1-18(2)21(24(30)31-4)12-16-29(17-13-22(25)26)15-6-5-9-20-11-10-19-8-7-14-28(3)23(19)27-20/h19-22,24,30H,1,5-17H2,2-4H3/t19?,20-,21+,24?/m0/s1. The molecule has 4 atom stereocenters. The predicted octanol–water partition coefficient (Wildman–Crippen LogP) is 4.56. The fraction of sp³-hybridized carbons (Fsp3) is 0.875. The number of aliphatic hydroxyl groups is 1. The highest BCUT2D eigenvalue weighted by Crippen LogP contribution is 2.30. The maximum absolute atomic E-state index is 12.8. The van der Waals surface area contributed by atoms with Crippen LogP contribution in [0.15, 0.2) is 17.1 Å². The normalized spacial score (nSPS) is 23.6. The number of rotatable bonds is 14. The Hall–Kier alpha value is -1.05. The molecule has 2 rings (SSSR count). The van der Waals surface area contributed by atoms with E-state index in [1.807, 2.05) is 6.92 Å². The molecule has 0 amide bonds. The maximum atomic E-state index is 12.8. The average molecular weight is 444 g/mol. The third kappa shape index (κ3) is 8.78. The molecule has 7 heteroatoms. The minimum Gasteiger partial charge on any atom is -0.367 e. The topological polar surface area (TPSA) is 48.3 Å². The number of amidine groups is 1. The zero-order valence-electron chi connectivity index (χ0n) is 19.7. The molecule has 1 N–H and O–H groups in total. The highest BCUT2D eigenvalue weighted by atomic mass is 19.3. The molecular weight excluding hydrogens is 400 g/mol. The zero-order valence-corrected chi connectivity index (χ0v) is 19.7. The lowest BCUT2D eigenvalue weighted by Gasteiger charge is -2.37. The summed E-state index contributed by atoms with van der Waals surface area (Å²) in [6.07, 6.45) is 5.43. The number of methoxy groups -OCH3 is 1. The summed E-state index contributed by atoms with van der Waals surface area (Å²) >= 11 is 0. The lowest BCUT2D eigenvalue weighted by molar-refractivity contribution is -0.106. The Balaban J connectivity index is 1.79. The highest BCUT2D eigenvalue weighted by molar-refractivity contribution is 5.85. The van der Waals surface area contributed by atoms with E-state index >= 15 is 0 Å². The van der Waals surface area contributed by atoms with Crippen molar-refractivity contribution in [3.8, 4) is 0 Å². The summed E-state index contributed by atoms with van der Waals surface area (Å²) in [6, 6.07) is 0.408. The minimum absolute atomic E-state index is 0.116. The van der Waals surface area contributed by atoms with E-state index < -0.39 is 12.7 Å². The van der Waals surface area contributed by atoms with Gasteiger partial charge in [0.2, 0.25) is 6.43 Å². The largest absolute Gasteiger partial charge is 0.367 e. The van der Waals surface area contributed by atoms with Gasteiger partial charge in [-0.25, -0.2) is 8.78 Å². The highest BCUT2D eigenvalue weighted by Gasteiger charge is 2.29. The Labute approximate surface area is 187 Å². The fourth-order valence-electron chi connectivity index (χ4n) is 4.91. The third-order valence-electron chi connectivity index (χ3n) is 6.87. The molecule has 0 saturated carbocycles. The van der Waals surface area contributed by atoms with Gasteiger partial charge in [-0.05, 0) is 65.0 Å². The first-order valence-electron chi connectivity index (χ1n) is 12.0. The Morgan fingerprint density at radius 3 is 2.65 bits per heavy atom. The number of ether oxygens (including phenoxy) is 1. The first kappa shape index (κ1) is 26.2. The van der Waals surface area contributed by atoms with Crippen molar-refractivity contribution in [2.75, 3.05) is 40.3 Å². The number of aliphatic hydroxyl groups excluding tert-OH is 1. The van der Waals surface area contributed by atoms with Gasteiger partial charge in [0, 0.05) is 45.5 Å². The summed E-state index contributed by atoms with van der Waals surface area (Å²) in [5.74, 6) is 1.78. The monoisotopic (exact) mass is 443 g/mol. The number of hydrogen-bond acceptors (Lipinski definition) is 5. The number of likely N-dealkylation sites (tertiary alicyclic amines) is 1. The van der Waals surface area contributed by atoms with Crippen LogP contribution in [0.3, 0.4) is 0 Å². The SMILES string of the molecule is C=C(C)[C@@H](CCN(CCCC[C@H]1CCC2CCCN(C)C2=N1)CCC(F)F)C(O)OC. The molecule has 2 aliphatic heterocycles. The van der Waals surface area contributed by atoms with Crippen LogP contribution >= 0.6 is 0 Å². The summed E-state index contributed by atoms with van der Waals surface area (Å²) in [4.78, 5) is 9.48. The molecule has 0 aromatic heterocycles. The number of piperidine rings is 1. The Kier molecular flexibility index (Phi) is 11.4. The Morgan fingerprint density at radius 2 is 1.97 bits per heavy atom. The second-order valence-corrected chi connectivity index (χ2v) is 9.36. The van der Waals surface area contributed by atoms with E-state index in [0.717, 1.165) is 37.9 Å². The summed E-state index contributed by atoms with van der Waals surface area (Å²) in [6.45, 7) is 8.76.